The van der Waals surface area contributed by atoms with Gasteiger partial charge in [0.05, 0.1) is 22.0 Å². The standard InChI is InChI=1S/C20H20Cl2N4O3S/c1-10-11(2)30-20-18(10)19(29)24-15(25-20)6-7-17(28)26(3)9-16(27)23-12-4-5-13(21)14(22)8-12/h4-5,8H,6-7,9H2,1-3H3,(H,23,27)(H,24,25,29). The summed E-state index contributed by atoms with van der Waals surface area (Å²) in [5, 5.41) is 3.99. The number of H-pyrrole nitrogens is 1. The molecule has 1 aromatic carbocycles. The van der Waals surface area contributed by atoms with Crippen molar-refractivity contribution in [3.8, 4) is 0 Å². The maximum Gasteiger partial charge on any atom is 0.259 e. The highest BCUT2D eigenvalue weighted by Gasteiger charge is 2.16. The second-order valence-electron chi connectivity index (χ2n) is 6.90. The van der Waals surface area contributed by atoms with Crippen LogP contribution in [-0.2, 0) is 16.0 Å². The Morgan fingerprint density at radius 1 is 1.23 bits per heavy atom. The van der Waals surface area contributed by atoms with Gasteiger partial charge < -0.3 is 15.2 Å². The number of carbonyl (C=O) groups is 2. The first-order valence-electron chi connectivity index (χ1n) is 9.13. The Morgan fingerprint density at radius 2 is 1.97 bits per heavy atom. The van der Waals surface area contributed by atoms with Crippen LogP contribution >= 0.6 is 34.5 Å². The van der Waals surface area contributed by atoms with E-state index in [0.717, 1.165) is 10.4 Å². The van der Waals surface area contributed by atoms with Crippen LogP contribution in [0.4, 0.5) is 5.69 Å². The van der Waals surface area contributed by atoms with E-state index in [0.29, 0.717) is 31.8 Å². The molecule has 0 aliphatic carbocycles. The highest BCUT2D eigenvalue weighted by Crippen LogP contribution is 2.26. The largest absolute Gasteiger partial charge is 0.336 e. The highest BCUT2D eigenvalue weighted by molar-refractivity contribution is 7.18. The van der Waals surface area contributed by atoms with E-state index in [1.165, 1.54) is 22.3 Å². The van der Waals surface area contributed by atoms with Crippen LogP contribution in [0.5, 0.6) is 0 Å². The number of aryl methyl sites for hydroxylation is 3. The molecule has 0 saturated carbocycles. The van der Waals surface area contributed by atoms with Crippen molar-refractivity contribution < 1.29 is 9.59 Å². The molecule has 0 saturated heterocycles. The molecule has 2 amide bonds. The van der Waals surface area contributed by atoms with E-state index in [9.17, 15) is 14.4 Å². The van der Waals surface area contributed by atoms with Gasteiger partial charge in [-0.2, -0.15) is 0 Å². The number of carbonyl (C=O) groups excluding carboxylic acids is 2. The highest BCUT2D eigenvalue weighted by atomic mass is 35.5. The van der Waals surface area contributed by atoms with Crippen LogP contribution < -0.4 is 10.9 Å². The molecule has 0 atom stereocenters. The summed E-state index contributed by atoms with van der Waals surface area (Å²) in [5.74, 6) is -0.141. The molecule has 0 bridgehead atoms. The molecule has 2 N–H and O–H groups in total. The topological polar surface area (TPSA) is 95.2 Å². The lowest BCUT2D eigenvalue weighted by molar-refractivity contribution is -0.133. The summed E-state index contributed by atoms with van der Waals surface area (Å²) in [7, 11) is 1.54. The summed E-state index contributed by atoms with van der Waals surface area (Å²) in [6, 6.07) is 4.74. The molecule has 0 unspecified atom stereocenters. The van der Waals surface area contributed by atoms with E-state index in [4.69, 9.17) is 23.2 Å². The number of hydrogen-bond donors (Lipinski definition) is 2. The van der Waals surface area contributed by atoms with E-state index in [-0.39, 0.29) is 36.8 Å². The zero-order valence-electron chi connectivity index (χ0n) is 16.6. The number of nitrogens with one attached hydrogen (secondary N) is 2. The number of thiophene rings is 1. The molecule has 30 heavy (non-hydrogen) atoms. The van der Waals surface area contributed by atoms with E-state index < -0.39 is 0 Å². The van der Waals surface area contributed by atoms with Gasteiger partial charge >= 0.3 is 0 Å². The number of nitrogens with zero attached hydrogens (tertiary/aromatic N) is 2. The lowest BCUT2D eigenvalue weighted by Gasteiger charge is -2.17. The Bertz CT molecular complexity index is 1190. The third-order valence-corrected chi connectivity index (χ3v) is 6.51. The molecule has 0 radical (unpaired) electrons. The van der Waals surface area contributed by atoms with Gasteiger partial charge in [0, 0.05) is 30.5 Å². The van der Waals surface area contributed by atoms with Gasteiger partial charge in [-0.1, -0.05) is 23.2 Å². The first-order chi connectivity index (χ1) is 14.2. The third kappa shape index (κ3) is 5.00. The smallest absolute Gasteiger partial charge is 0.259 e. The summed E-state index contributed by atoms with van der Waals surface area (Å²) in [6.07, 6.45) is 0.396. The second-order valence-corrected chi connectivity index (χ2v) is 8.92. The van der Waals surface area contributed by atoms with Crippen LogP contribution in [0.1, 0.15) is 22.7 Å². The Hall–Kier alpha value is -2.42. The average Bonchev–Trinajstić information content (AvgIpc) is 2.96. The van der Waals surface area contributed by atoms with Crippen molar-refractivity contribution >= 4 is 62.3 Å². The Labute approximate surface area is 187 Å². The number of hydrogen-bond acceptors (Lipinski definition) is 5. The monoisotopic (exact) mass is 466 g/mol. The maximum absolute atomic E-state index is 12.4. The number of aromatic nitrogens is 2. The van der Waals surface area contributed by atoms with Gasteiger partial charge in [-0.3, -0.25) is 14.4 Å². The van der Waals surface area contributed by atoms with Gasteiger partial charge in [0.25, 0.3) is 5.56 Å². The number of likely N-dealkylation sites (N-methyl/N-ethyl adjacent to an activating group) is 1. The molecular weight excluding hydrogens is 447 g/mol. The predicted octanol–water partition coefficient (Wildman–Crippen LogP) is 3.94. The maximum atomic E-state index is 12.4. The molecule has 0 aliphatic heterocycles. The van der Waals surface area contributed by atoms with Crippen molar-refractivity contribution in [1.82, 2.24) is 14.9 Å². The quantitative estimate of drug-likeness (QED) is 0.574. The zero-order chi connectivity index (χ0) is 22.0. The summed E-state index contributed by atoms with van der Waals surface area (Å²) >= 11 is 13.2. The molecule has 0 spiro atoms. The molecule has 0 fully saturated rings. The zero-order valence-corrected chi connectivity index (χ0v) is 19.0. The Balaban J connectivity index is 1.57. The first kappa shape index (κ1) is 22.3. The van der Waals surface area contributed by atoms with Crippen LogP contribution in [-0.4, -0.2) is 40.3 Å². The van der Waals surface area contributed by atoms with Gasteiger partial charge in [-0.15, -0.1) is 11.3 Å². The van der Waals surface area contributed by atoms with Gasteiger partial charge in [0.1, 0.15) is 10.7 Å². The van der Waals surface area contributed by atoms with E-state index >= 15 is 0 Å². The fourth-order valence-electron chi connectivity index (χ4n) is 2.91. The van der Waals surface area contributed by atoms with Gasteiger partial charge in [-0.05, 0) is 37.6 Å². The van der Waals surface area contributed by atoms with E-state index in [2.05, 4.69) is 15.3 Å². The van der Waals surface area contributed by atoms with Crippen LogP contribution in [0.3, 0.4) is 0 Å². The molecule has 3 rings (SSSR count). The molecule has 7 nitrogen and oxygen atoms in total. The molecule has 2 heterocycles. The van der Waals surface area contributed by atoms with Crippen molar-refractivity contribution in [1.29, 1.82) is 0 Å². The first-order valence-corrected chi connectivity index (χ1v) is 10.7. The Morgan fingerprint density at radius 3 is 2.67 bits per heavy atom. The van der Waals surface area contributed by atoms with Crippen LogP contribution in [0, 0.1) is 13.8 Å². The second kappa shape index (κ2) is 9.16. The minimum atomic E-state index is -0.360. The van der Waals surface area contributed by atoms with E-state index in [1.807, 2.05) is 13.8 Å². The summed E-state index contributed by atoms with van der Waals surface area (Å²) < 4.78 is 0. The number of benzene rings is 1. The van der Waals surface area contributed by atoms with Crippen LogP contribution in [0.15, 0.2) is 23.0 Å². The van der Waals surface area contributed by atoms with Crippen molar-refractivity contribution in [2.24, 2.45) is 0 Å². The summed E-state index contributed by atoms with van der Waals surface area (Å²) in [4.78, 5) is 47.2. The molecule has 158 valence electrons. The minimum Gasteiger partial charge on any atom is -0.336 e. The average molecular weight is 467 g/mol. The normalized spacial score (nSPS) is 11.0. The van der Waals surface area contributed by atoms with Crippen molar-refractivity contribution in [3.05, 3.63) is 54.9 Å². The number of aromatic amines is 1. The van der Waals surface area contributed by atoms with Crippen molar-refractivity contribution in [2.45, 2.75) is 26.7 Å². The molecule has 2 aromatic heterocycles. The fraction of sp³-hybridized carbons (Fsp3) is 0.300. The Kier molecular flexibility index (Phi) is 6.80. The third-order valence-electron chi connectivity index (χ3n) is 4.67. The molecule has 0 aliphatic rings. The predicted molar refractivity (Wildman–Crippen MR) is 121 cm³/mol. The summed E-state index contributed by atoms with van der Waals surface area (Å²) in [6.45, 7) is 3.72. The molecular formula is C20H20Cl2N4O3S. The number of anilines is 1. The van der Waals surface area contributed by atoms with E-state index in [1.54, 1.807) is 19.2 Å². The molecule has 3 aromatic rings. The number of rotatable bonds is 6. The molecule has 10 heteroatoms. The number of fused-ring (bicyclic) bond motifs is 1. The van der Waals surface area contributed by atoms with Crippen LogP contribution in [0.25, 0.3) is 10.2 Å². The van der Waals surface area contributed by atoms with Crippen molar-refractivity contribution in [3.63, 3.8) is 0 Å². The lowest BCUT2D eigenvalue weighted by atomic mass is 10.2. The van der Waals surface area contributed by atoms with Gasteiger partial charge in [0.2, 0.25) is 11.8 Å². The van der Waals surface area contributed by atoms with Crippen molar-refractivity contribution in [2.75, 3.05) is 18.9 Å². The summed E-state index contributed by atoms with van der Waals surface area (Å²) in [5.41, 5.74) is 1.23. The number of amides is 2. The fourth-order valence-corrected chi connectivity index (χ4v) is 4.26. The number of halogens is 2. The van der Waals surface area contributed by atoms with Gasteiger partial charge in [-0.25, -0.2) is 4.98 Å². The lowest BCUT2D eigenvalue weighted by Crippen LogP contribution is -2.35. The van der Waals surface area contributed by atoms with Crippen LogP contribution in [0.2, 0.25) is 10.0 Å². The SMILES string of the molecule is Cc1sc2nc(CCC(=O)N(C)CC(=O)Nc3ccc(Cl)c(Cl)c3)[nH]c(=O)c2c1C. The van der Waals surface area contributed by atoms with Gasteiger partial charge in [0.15, 0.2) is 0 Å². The minimum absolute atomic E-state index is 0.119.